The third kappa shape index (κ3) is 5.12. The van der Waals surface area contributed by atoms with Crippen molar-refractivity contribution in [3.8, 4) is 0 Å². The minimum Gasteiger partial charge on any atom is -0.364 e. The number of carbonyl (C=O) groups is 1. The van der Waals surface area contributed by atoms with E-state index in [-0.39, 0.29) is 24.4 Å². The molecule has 4 nitrogen and oxygen atoms in total. The fourth-order valence-electron chi connectivity index (χ4n) is 3.35. The number of amides is 1. The molecule has 162 valence electrons. The zero-order valence-electron chi connectivity index (χ0n) is 18.1. The highest BCUT2D eigenvalue weighted by Crippen LogP contribution is 2.37. The molecule has 0 fully saturated rings. The maximum Gasteiger partial charge on any atom is 0.251 e. The number of hydrogen-bond acceptors (Lipinski definition) is 3. The summed E-state index contributed by atoms with van der Waals surface area (Å²) >= 11 is 6.11. The SMILES string of the molecule is C/C(F)=C(\C)CNC(=O)c1ccc2c(c1)C(c1cnc3ccc(Cl)cc3c1)OC2.CC. The Morgan fingerprint density at radius 3 is 2.71 bits per heavy atom. The van der Waals surface area contributed by atoms with Gasteiger partial charge in [0.05, 0.1) is 18.0 Å². The summed E-state index contributed by atoms with van der Waals surface area (Å²) in [6, 6.07) is 13.1. The van der Waals surface area contributed by atoms with Crippen LogP contribution < -0.4 is 5.32 Å². The number of rotatable bonds is 4. The first-order chi connectivity index (χ1) is 14.9. The fraction of sp³-hybridized carbons (Fsp3) is 0.280. The van der Waals surface area contributed by atoms with Gasteiger partial charge in [-0.15, -0.1) is 0 Å². The first-order valence-corrected chi connectivity index (χ1v) is 10.7. The van der Waals surface area contributed by atoms with Gasteiger partial charge in [0.15, 0.2) is 0 Å². The Morgan fingerprint density at radius 1 is 1.19 bits per heavy atom. The van der Waals surface area contributed by atoms with E-state index in [1.54, 1.807) is 19.2 Å². The number of benzene rings is 2. The lowest BCUT2D eigenvalue weighted by Gasteiger charge is -2.13. The number of halogens is 2. The molecule has 3 aromatic rings. The molecule has 2 heterocycles. The zero-order valence-corrected chi connectivity index (χ0v) is 18.9. The average Bonchev–Trinajstić information content (AvgIpc) is 3.21. The van der Waals surface area contributed by atoms with Crippen LogP contribution in [0.15, 0.2) is 60.1 Å². The van der Waals surface area contributed by atoms with E-state index in [1.807, 2.05) is 50.2 Å². The maximum atomic E-state index is 13.2. The standard InChI is InChI=1S/C23H20ClFN2O2.C2H6/c1-13(14(2)25)10-27-23(28)15-3-4-16-12-29-22(20(16)9-15)18-7-17-8-19(24)5-6-21(17)26-11-18;1-2/h3-9,11,22H,10,12H2,1-2H3,(H,27,28);1-2H3/b14-13-;. The van der Waals surface area contributed by atoms with Crippen molar-refractivity contribution in [3.05, 3.63) is 87.3 Å². The van der Waals surface area contributed by atoms with Crippen LogP contribution in [0.25, 0.3) is 10.9 Å². The molecule has 0 spiro atoms. The van der Waals surface area contributed by atoms with Crippen molar-refractivity contribution in [2.45, 2.75) is 40.4 Å². The summed E-state index contributed by atoms with van der Waals surface area (Å²) in [7, 11) is 0. The molecular weight excluding hydrogens is 415 g/mol. The number of allylic oxidation sites excluding steroid dienone is 1. The molecule has 1 atom stereocenters. The number of carbonyl (C=O) groups excluding carboxylic acids is 1. The normalized spacial score (nSPS) is 15.6. The highest BCUT2D eigenvalue weighted by Gasteiger charge is 2.26. The van der Waals surface area contributed by atoms with Gasteiger partial charge in [-0.25, -0.2) is 4.39 Å². The lowest BCUT2D eigenvalue weighted by Crippen LogP contribution is -2.25. The van der Waals surface area contributed by atoms with Gasteiger partial charge in [-0.1, -0.05) is 31.5 Å². The van der Waals surface area contributed by atoms with Crippen molar-refractivity contribution < 1.29 is 13.9 Å². The van der Waals surface area contributed by atoms with Crippen molar-refractivity contribution in [3.63, 3.8) is 0 Å². The molecule has 0 saturated heterocycles. The first kappa shape index (κ1) is 22.9. The molecule has 0 bridgehead atoms. The van der Waals surface area contributed by atoms with Gasteiger partial charge in [0, 0.05) is 34.3 Å². The molecule has 6 heteroatoms. The van der Waals surface area contributed by atoms with Gasteiger partial charge in [0.1, 0.15) is 6.10 Å². The maximum absolute atomic E-state index is 13.2. The van der Waals surface area contributed by atoms with Gasteiger partial charge in [-0.2, -0.15) is 0 Å². The topological polar surface area (TPSA) is 51.2 Å². The predicted octanol–water partition coefficient (Wildman–Crippen LogP) is 6.53. The number of nitrogens with one attached hydrogen (secondary N) is 1. The van der Waals surface area contributed by atoms with E-state index >= 15 is 0 Å². The molecule has 1 aliphatic rings. The van der Waals surface area contributed by atoms with E-state index < -0.39 is 0 Å². The summed E-state index contributed by atoms with van der Waals surface area (Å²) in [5, 5.41) is 4.34. The Morgan fingerprint density at radius 2 is 1.97 bits per heavy atom. The van der Waals surface area contributed by atoms with Gasteiger partial charge in [-0.3, -0.25) is 9.78 Å². The third-order valence-corrected chi connectivity index (χ3v) is 5.40. The first-order valence-electron chi connectivity index (χ1n) is 10.3. The number of ether oxygens (including phenoxy) is 1. The fourth-order valence-corrected chi connectivity index (χ4v) is 3.53. The van der Waals surface area contributed by atoms with Crippen molar-refractivity contribution in [2.24, 2.45) is 0 Å². The molecule has 0 saturated carbocycles. The Hall–Kier alpha value is -2.76. The van der Waals surface area contributed by atoms with Crippen molar-refractivity contribution in [2.75, 3.05) is 6.54 Å². The van der Waals surface area contributed by atoms with Gasteiger partial charge in [0.25, 0.3) is 5.91 Å². The zero-order chi connectivity index (χ0) is 22.5. The molecule has 0 aliphatic carbocycles. The van der Waals surface area contributed by atoms with Crippen LogP contribution in [0.4, 0.5) is 4.39 Å². The van der Waals surface area contributed by atoms with Crippen LogP contribution in [0.3, 0.4) is 0 Å². The minimum atomic E-state index is -0.302. The Balaban J connectivity index is 0.00000132. The highest BCUT2D eigenvalue weighted by molar-refractivity contribution is 6.31. The third-order valence-electron chi connectivity index (χ3n) is 5.17. The summed E-state index contributed by atoms with van der Waals surface area (Å²) in [6.45, 7) is 7.68. The summed E-state index contributed by atoms with van der Waals surface area (Å²) < 4.78 is 19.2. The van der Waals surface area contributed by atoms with E-state index in [9.17, 15) is 9.18 Å². The second kappa shape index (κ2) is 10.0. The largest absolute Gasteiger partial charge is 0.364 e. The molecule has 1 N–H and O–H groups in total. The molecular formula is C25H26ClFN2O2. The van der Waals surface area contributed by atoms with Crippen LogP contribution >= 0.6 is 11.6 Å². The quantitative estimate of drug-likeness (QED) is 0.502. The molecule has 2 aromatic carbocycles. The van der Waals surface area contributed by atoms with E-state index in [0.29, 0.717) is 22.8 Å². The van der Waals surface area contributed by atoms with E-state index in [0.717, 1.165) is 27.6 Å². The molecule has 1 aliphatic heterocycles. The second-order valence-electron chi connectivity index (χ2n) is 7.21. The van der Waals surface area contributed by atoms with Gasteiger partial charge >= 0.3 is 0 Å². The predicted molar refractivity (Wildman–Crippen MR) is 123 cm³/mol. The van der Waals surface area contributed by atoms with Crippen molar-refractivity contribution >= 4 is 28.4 Å². The number of hydrogen-bond donors (Lipinski definition) is 1. The Bertz CT molecular complexity index is 1140. The number of fused-ring (bicyclic) bond motifs is 2. The van der Waals surface area contributed by atoms with Crippen LogP contribution in [-0.4, -0.2) is 17.4 Å². The lowest BCUT2D eigenvalue weighted by atomic mass is 9.97. The van der Waals surface area contributed by atoms with E-state index in [2.05, 4.69) is 10.3 Å². The van der Waals surface area contributed by atoms with Crippen LogP contribution in [0.5, 0.6) is 0 Å². The van der Waals surface area contributed by atoms with Crippen molar-refractivity contribution in [1.29, 1.82) is 0 Å². The van der Waals surface area contributed by atoms with Crippen molar-refractivity contribution in [1.82, 2.24) is 10.3 Å². The highest BCUT2D eigenvalue weighted by atomic mass is 35.5. The number of pyridine rings is 1. The number of aromatic nitrogens is 1. The van der Waals surface area contributed by atoms with Gasteiger partial charge in [0.2, 0.25) is 0 Å². The van der Waals surface area contributed by atoms with Crippen LogP contribution in [-0.2, 0) is 11.3 Å². The second-order valence-corrected chi connectivity index (χ2v) is 7.64. The smallest absolute Gasteiger partial charge is 0.251 e. The molecule has 1 amide bonds. The van der Waals surface area contributed by atoms with Gasteiger partial charge < -0.3 is 10.1 Å². The number of nitrogens with zero attached hydrogens (tertiary/aromatic N) is 1. The monoisotopic (exact) mass is 440 g/mol. The van der Waals surface area contributed by atoms with Crippen LogP contribution in [0.1, 0.15) is 60.8 Å². The van der Waals surface area contributed by atoms with Gasteiger partial charge in [-0.05, 0) is 66.9 Å². The summed E-state index contributed by atoms with van der Waals surface area (Å²) in [6.07, 6.45) is 1.49. The molecule has 1 aromatic heterocycles. The minimum absolute atomic E-state index is 0.174. The molecule has 4 rings (SSSR count). The summed E-state index contributed by atoms with van der Waals surface area (Å²) in [5.74, 6) is -0.529. The average molecular weight is 441 g/mol. The summed E-state index contributed by atoms with van der Waals surface area (Å²) in [5.41, 5.74) is 4.75. The lowest BCUT2D eigenvalue weighted by molar-refractivity contribution is 0.0935. The summed E-state index contributed by atoms with van der Waals surface area (Å²) in [4.78, 5) is 17.0. The Kier molecular flexibility index (Phi) is 7.42. The van der Waals surface area contributed by atoms with E-state index in [1.165, 1.54) is 6.92 Å². The Labute approximate surface area is 187 Å². The van der Waals surface area contributed by atoms with Crippen LogP contribution in [0, 0.1) is 0 Å². The van der Waals surface area contributed by atoms with E-state index in [4.69, 9.17) is 16.3 Å². The molecule has 0 radical (unpaired) electrons. The molecule has 1 unspecified atom stereocenters. The van der Waals surface area contributed by atoms with Crippen LogP contribution in [0.2, 0.25) is 5.02 Å². The molecule has 31 heavy (non-hydrogen) atoms.